The summed E-state index contributed by atoms with van der Waals surface area (Å²) in [5.41, 5.74) is 1.37. The van der Waals surface area contributed by atoms with Crippen LogP contribution >= 0.6 is 0 Å². The number of methoxy groups -OCH3 is 1. The van der Waals surface area contributed by atoms with Gasteiger partial charge in [0.15, 0.2) is 5.78 Å². The topological polar surface area (TPSA) is 43.4 Å². The second-order valence-electron chi connectivity index (χ2n) is 3.06. The lowest BCUT2D eigenvalue weighted by atomic mass is 10.1. The quantitative estimate of drug-likeness (QED) is 0.559. The molecule has 78 valence electrons. The molecule has 0 spiro atoms. The van der Waals surface area contributed by atoms with Crippen molar-refractivity contribution in [1.29, 1.82) is 0 Å². The molecule has 1 aromatic carbocycles. The van der Waals surface area contributed by atoms with Gasteiger partial charge in [-0.15, -0.1) is 0 Å². The van der Waals surface area contributed by atoms with Crippen LogP contribution in [0.1, 0.15) is 22.8 Å². The third kappa shape index (κ3) is 3.38. The zero-order valence-corrected chi connectivity index (χ0v) is 8.69. The lowest BCUT2D eigenvalue weighted by Crippen LogP contribution is -2.00. The molecule has 0 fully saturated rings. The molecule has 0 atom stereocenters. The fourth-order valence-corrected chi connectivity index (χ4v) is 1.06. The van der Waals surface area contributed by atoms with Crippen LogP contribution in [0, 0.1) is 0 Å². The normalized spacial score (nSPS) is 10.3. The molecule has 3 heteroatoms. The number of carbonyl (C=O) groups excluding carboxylic acids is 2. The van der Waals surface area contributed by atoms with Gasteiger partial charge in [-0.25, -0.2) is 4.79 Å². The number of ether oxygens (including phenoxy) is 1. The predicted octanol–water partition coefficient (Wildman–Crippen LogP) is 2.08. The Bertz CT molecular complexity index is 388. The van der Waals surface area contributed by atoms with E-state index in [1.54, 1.807) is 30.3 Å². The van der Waals surface area contributed by atoms with Crippen molar-refractivity contribution in [1.82, 2.24) is 0 Å². The molecule has 0 N–H and O–H groups in total. The summed E-state index contributed by atoms with van der Waals surface area (Å²) in [4.78, 5) is 21.8. The molecule has 1 rings (SSSR count). The van der Waals surface area contributed by atoms with Crippen molar-refractivity contribution in [3.8, 4) is 0 Å². The molecule has 3 nitrogen and oxygen atoms in total. The molecule has 0 radical (unpaired) electrons. The highest BCUT2D eigenvalue weighted by atomic mass is 16.5. The summed E-state index contributed by atoms with van der Waals surface area (Å²) in [6, 6.07) is 6.83. The number of esters is 1. The average molecular weight is 204 g/mol. The Morgan fingerprint density at radius 1 is 1.20 bits per heavy atom. The van der Waals surface area contributed by atoms with Crippen molar-refractivity contribution in [3.63, 3.8) is 0 Å². The van der Waals surface area contributed by atoms with E-state index in [2.05, 4.69) is 4.74 Å². The molecule has 0 heterocycles. The molecular formula is C12H12O3. The van der Waals surface area contributed by atoms with E-state index in [4.69, 9.17) is 0 Å². The SMILES string of the molecule is COC(=O)c1ccc(C=CC(C)=O)cc1. The third-order valence-corrected chi connectivity index (χ3v) is 1.84. The van der Waals surface area contributed by atoms with E-state index in [0.717, 1.165) is 5.56 Å². The van der Waals surface area contributed by atoms with E-state index >= 15 is 0 Å². The van der Waals surface area contributed by atoms with Crippen LogP contribution < -0.4 is 0 Å². The van der Waals surface area contributed by atoms with Crippen molar-refractivity contribution in [2.24, 2.45) is 0 Å². The number of hydrogen-bond acceptors (Lipinski definition) is 3. The van der Waals surface area contributed by atoms with Crippen molar-refractivity contribution >= 4 is 17.8 Å². The van der Waals surface area contributed by atoms with Crippen LogP contribution in [0.4, 0.5) is 0 Å². The average Bonchev–Trinajstić information content (AvgIpc) is 2.26. The van der Waals surface area contributed by atoms with Crippen LogP contribution in [-0.4, -0.2) is 18.9 Å². The van der Waals surface area contributed by atoms with Gasteiger partial charge in [-0.05, 0) is 30.7 Å². The first kappa shape index (κ1) is 11.2. The van der Waals surface area contributed by atoms with Crippen LogP contribution in [0.15, 0.2) is 30.3 Å². The highest BCUT2D eigenvalue weighted by molar-refractivity contribution is 5.92. The predicted molar refractivity (Wildman–Crippen MR) is 57.5 cm³/mol. The highest BCUT2D eigenvalue weighted by Gasteiger charge is 2.02. The zero-order chi connectivity index (χ0) is 11.3. The van der Waals surface area contributed by atoms with E-state index in [9.17, 15) is 9.59 Å². The first-order valence-electron chi connectivity index (χ1n) is 4.50. The van der Waals surface area contributed by atoms with E-state index in [1.807, 2.05) is 0 Å². The molecule has 0 aliphatic rings. The maximum atomic E-state index is 11.1. The Balaban J connectivity index is 2.81. The molecular weight excluding hydrogens is 192 g/mol. The lowest BCUT2D eigenvalue weighted by Gasteiger charge is -1.98. The van der Waals surface area contributed by atoms with Gasteiger partial charge in [0, 0.05) is 0 Å². The first-order chi connectivity index (χ1) is 7.13. The smallest absolute Gasteiger partial charge is 0.337 e. The molecule has 0 saturated carbocycles. The van der Waals surface area contributed by atoms with E-state index < -0.39 is 0 Å². The van der Waals surface area contributed by atoms with Gasteiger partial charge in [0.05, 0.1) is 12.7 Å². The van der Waals surface area contributed by atoms with Crippen LogP contribution in [0.3, 0.4) is 0 Å². The molecule has 0 aliphatic heterocycles. The van der Waals surface area contributed by atoms with Gasteiger partial charge in [0.25, 0.3) is 0 Å². The fraction of sp³-hybridized carbons (Fsp3) is 0.167. The van der Waals surface area contributed by atoms with Gasteiger partial charge in [0.2, 0.25) is 0 Å². The highest BCUT2D eigenvalue weighted by Crippen LogP contribution is 2.07. The zero-order valence-electron chi connectivity index (χ0n) is 8.69. The fourth-order valence-electron chi connectivity index (χ4n) is 1.06. The second-order valence-corrected chi connectivity index (χ2v) is 3.06. The largest absolute Gasteiger partial charge is 0.465 e. The first-order valence-corrected chi connectivity index (χ1v) is 4.50. The lowest BCUT2D eigenvalue weighted by molar-refractivity contribution is -0.112. The third-order valence-electron chi connectivity index (χ3n) is 1.84. The second kappa shape index (κ2) is 5.10. The number of benzene rings is 1. The van der Waals surface area contributed by atoms with E-state index in [1.165, 1.54) is 20.1 Å². The van der Waals surface area contributed by atoms with E-state index in [-0.39, 0.29) is 11.8 Å². The number of carbonyl (C=O) groups is 2. The summed E-state index contributed by atoms with van der Waals surface area (Å²) in [6.45, 7) is 1.49. The van der Waals surface area contributed by atoms with Crippen molar-refractivity contribution in [2.45, 2.75) is 6.92 Å². The minimum atomic E-state index is -0.364. The molecule has 0 bridgehead atoms. The molecule has 0 amide bonds. The van der Waals surface area contributed by atoms with Crippen LogP contribution in [0.5, 0.6) is 0 Å². The Hall–Kier alpha value is -1.90. The van der Waals surface area contributed by atoms with Gasteiger partial charge in [-0.2, -0.15) is 0 Å². The number of rotatable bonds is 3. The molecule has 0 saturated heterocycles. The molecule has 15 heavy (non-hydrogen) atoms. The summed E-state index contributed by atoms with van der Waals surface area (Å²) >= 11 is 0. The summed E-state index contributed by atoms with van der Waals surface area (Å²) in [6.07, 6.45) is 3.18. The minimum Gasteiger partial charge on any atom is -0.465 e. The number of allylic oxidation sites excluding steroid dienone is 1. The van der Waals surface area contributed by atoms with Gasteiger partial charge in [-0.1, -0.05) is 18.2 Å². The Morgan fingerprint density at radius 3 is 2.27 bits per heavy atom. The number of hydrogen-bond donors (Lipinski definition) is 0. The van der Waals surface area contributed by atoms with Crippen molar-refractivity contribution < 1.29 is 14.3 Å². The summed E-state index contributed by atoms with van der Waals surface area (Å²) in [5.74, 6) is -0.371. The monoisotopic (exact) mass is 204 g/mol. The van der Waals surface area contributed by atoms with Crippen LogP contribution in [0.25, 0.3) is 6.08 Å². The maximum Gasteiger partial charge on any atom is 0.337 e. The molecule has 0 unspecified atom stereocenters. The van der Waals surface area contributed by atoms with Gasteiger partial charge < -0.3 is 4.74 Å². The Labute approximate surface area is 88.4 Å². The maximum absolute atomic E-state index is 11.1. The molecule has 0 aliphatic carbocycles. The summed E-state index contributed by atoms with van der Waals surface area (Å²) in [7, 11) is 1.34. The summed E-state index contributed by atoms with van der Waals surface area (Å²) in [5, 5.41) is 0. The van der Waals surface area contributed by atoms with Gasteiger partial charge in [-0.3, -0.25) is 4.79 Å². The van der Waals surface area contributed by atoms with Crippen molar-refractivity contribution in [3.05, 3.63) is 41.5 Å². The Kier molecular flexibility index (Phi) is 3.80. The molecule has 1 aromatic rings. The standard InChI is InChI=1S/C12H12O3/c1-9(13)3-4-10-5-7-11(8-6-10)12(14)15-2/h3-8H,1-2H3. The Morgan fingerprint density at radius 2 is 1.80 bits per heavy atom. The molecule has 0 aromatic heterocycles. The van der Waals surface area contributed by atoms with E-state index in [0.29, 0.717) is 5.56 Å². The van der Waals surface area contributed by atoms with Crippen molar-refractivity contribution in [2.75, 3.05) is 7.11 Å². The number of ketones is 1. The minimum absolute atomic E-state index is 0.00737. The van der Waals surface area contributed by atoms with Gasteiger partial charge >= 0.3 is 5.97 Å². The van der Waals surface area contributed by atoms with Crippen LogP contribution in [-0.2, 0) is 9.53 Å². The summed E-state index contributed by atoms with van der Waals surface area (Å²) < 4.78 is 4.56. The van der Waals surface area contributed by atoms with Gasteiger partial charge in [0.1, 0.15) is 0 Å². The van der Waals surface area contributed by atoms with Crippen LogP contribution in [0.2, 0.25) is 0 Å².